The molecule has 0 spiro atoms. The Labute approximate surface area is 108 Å². The Balaban J connectivity index is 3.26. The van der Waals surface area contributed by atoms with Gasteiger partial charge in [-0.05, 0) is 25.5 Å². The van der Waals surface area contributed by atoms with Crippen LogP contribution in [0.1, 0.15) is 37.5 Å². The number of alkyl halides is 3. The van der Waals surface area contributed by atoms with Crippen LogP contribution in [0.5, 0.6) is 0 Å². The van der Waals surface area contributed by atoms with Crippen LogP contribution in [0.15, 0.2) is 18.2 Å². The molecule has 0 N–H and O–H groups in total. The summed E-state index contributed by atoms with van der Waals surface area (Å²) in [5.41, 5.74) is -1.53. The first kappa shape index (κ1) is 15.6. The monoisotopic (exact) mass is 278 g/mol. The van der Waals surface area contributed by atoms with Crippen LogP contribution in [0.25, 0.3) is 0 Å². The Bertz CT molecular complexity index is 454. The minimum Gasteiger partial charge on any atom is -0.366 e. The molecule has 0 aliphatic rings. The van der Waals surface area contributed by atoms with Gasteiger partial charge >= 0.3 is 6.18 Å². The van der Waals surface area contributed by atoms with Crippen LogP contribution in [0.3, 0.4) is 0 Å². The molecule has 1 rings (SSSR count). The summed E-state index contributed by atoms with van der Waals surface area (Å²) >= 11 is 0. The van der Waals surface area contributed by atoms with Crippen molar-refractivity contribution in [1.82, 2.24) is 0 Å². The van der Waals surface area contributed by atoms with Gasteiger partial charge in [-0.2, -0.15) is 13.2 Å². The van der Waals surface area contributed by atoms with E-state index in [1.165, 1.54) is 0 Å². The van der Waals surface area contributed by atoms with Crippen molar-refractivity contribution in [2.75, 3.05) is 6.61 Å². The smallest absolute Gasteiger partial charge is 0.366 e. The number of hydrogen-bond donors (Lipinski definition) is 0. The standard InChI is InChI=1S/C13H14F4O2/c1-3-6-19-12(8(2)18)10-5-4-9(14)7-11(10)13(15,16)17/h4-5,7,12H,3,6H2,1-2H3. The van der Waals surface area contributed by atoms with E-state index in [1.54, 1.807) is 6.92 Å². The first-order valence-corrected chi connectivity index (χ1v) is 5.76. The molecule has 2 nitrogen and oxygen atoms in total. The van der Waals surface area contributed by atoms with Crippen LogP contribution in [0.2, 0.25) is 0 Å². The molecule has 19 heavy (non-hydrogen) atoms. The summed E-state index contributed by atoms with van der Waals surface area (Å²) < 4.78 is 56.6. The summed E-state index contributed by atoms with van der Waals surface area (Å²) in [5.74, 6) is -1.56. The third-order valence-electron chi connectivity index (χ3n) is 2.46. The molecular formula is C13H14F4O2. The topological polar surface area (TPSA) is 26.3 Å². The number of benzene rings is 1. The fourth-order valence-electron chi connectivity index (χ4n) is 1.66. The molecule has 106 valence electrons. The minimum absolute atomic E-state index is 0.152. The molecule has 0 bridgehead atoms. The van der Waals surface area contributed by atoms with Crippen molar-refractivity contribution in [3.05, 3.63) is 35.1 Å². The number of carbonyl (C=O) groups is 1. The number of ketones is 1. The third kappa shape index (κ3) is 4.02. The van der Waals surface area contributed by atoms with Gasteiger partial charge in [0.25, 0.3) is 0 Å². The number of ether oxygens (including phenoxy) is 1. The second-order valence-electron chi connectivity index (χ2n) is 4.09. The average molecular weight is 278 g/mol. The van der Waals surface area contributed by atoms with Gasteiger partial charge in [0.05, 0.1) is 5.56 Å². The van der Waals surface area contributed by atoms with Gasteiger partial charge in [-0.1, -0.05) is 13.0 Å². The van der Waals surface area contributed by atoms with E-state index in [4.69, 9.17) is 4.74 Å². The summed E-state index contributed by atoms with van der Waals surface area (Å²) in [5, 5.41) is 0. The summed E-state index contributed by atoms with van der Waals surface area (Å²) in [6, 6.07) is 2.20. The molecule has 0 amide bonds. The van der Waals surface area contributed by atoms with Crippen molar-refractivity contribution in [2.45, 2.75) is 32.5 Å². The maximum Gasteiger partial charge on any atom is 0.416 e. The van der Waals surface area contributed by atoms with Gasteiger partial charge in [0.1, 0.15) is 11.9 Å². The van der Waals surface area contributed by atoms with Crippen LogP contribution < -0.4 is 0 Å². The number of Topliss-reactive ketones (excluding diaryl/α,β-unsaturated/α-hetero) is 1. The van der Waals surface area contributed by atoms with Gasteiger partial charge in [-0.3, -0.25) is 4.79 Å². The molecule has 0 aliphatic heterocycles. The zero-order valence-electron chi connectivity index (χ0n) is 10.6. The first-order valence-electron chi connectivity index (χ1n) is 5.76. The molecule has 0 saturated heterocycles. The Hall–Kier alpha value is -1.43. The molecule has 0 radical (unpaired) electrons. The van der Waals surface area contributed by atoms with Crippen molar-refractivity contribution in [3.8, 4) is 0 Å². The molecule has 1 aromatic carbocycles. The summed E-state index contributed by atoms with van der Waals surface area (Å²) in [6.07, 6.45) is -5.50. The molecule has 0 fully saturated rings. The maximum atomic E-state index is 13.0. The predicted octanol–water partition coefficient (Wildman–Crippen LogP) is 3.90. The van der Waals surface area contributed by atoms with E-state index in [-0.39, 0.29) is 12.2 Å². The SMILES string of the molecule is CCCOC(C(C)=O)c1ccc(F)cc1C(F)(F)F. The lowest BCUT2D eigenvalue weighted by Gasteiger charge is -2.20. The zero-order valence-corrected chi connectivity index (χ0v) is 10.6. The quantitative estimate of drug-likeness (QED) is 0.763. The van der Waals surface area contributed by atoms with Crippen LogP contribution in [0, 0.1) is 5.82 Å². The molecule has 0 heterocycles. The van der Waals surface area contributed by atoms with Crippen LogP contribution >= 0.6 is 0 Å². The molecular weight excluding hydrogens is 264 g/mol. The van der Waals surface area contributed by atoms with Gasteiger partial charge in [0.2, 0.25) is 0 Å². The van der Waals surface area contributed by atoms with Gasteiger partial charge in [0, 0.05) is 12.2 Å². The highest BCUT2D eigenvalue weighted by Crippen LogP contribution is 2.36. The Morgan fingerprint density at radius 2 is 2.00 bits per heavy atom. The third-order valence-corrected chi connectivity index (χ3v) is 2.46. The van der Waals surface area contributed by atoms with E-state index < -0.39 is 29.4 Å². The minimum atomic E-state index is -4.74. The molecule has 1 aromatic rings. The maximum absolute atomic E-state index is 13.0. The summed E-state index contributed by atoms with van der Waals surface area (Å²) in [6.45, 7) is 3.06. The number of halogens is 4. The van der Waals surface area contributed by atoms with E-state index >= 15 is 0 Å². The lowest BCUT2D eigenvalue weighted by atomic mass is 9.99. The molecule has 6 heteroatoms. The van der Waals surface area contributed by atoms with E-state index in [9.17, 15) is 22.4 Å². The van der Waals surface area contributed by atoms with Crippen molar-refractivity contribution in [1.29, 1.82) is 0 Å². The lowest BCUT2D eigenvalue weighted by molar-refractivity contribution is -0.141. The van der Waals surface area contributed by atoms with Crippen molar-refractivity contribution in [2.24, 2.45) is 0 Å². The lowest BCUT2D eigenvalue weighted by Crippen LogP contribution is -2.19. The van der Waals surface area contributed by atoms with Crippen LogP contribution in [-0.2, 0) is 15.7 Å². The van der Waals surface area contributed by atoms with Gasteiger partial charge in [-0.15, -0.1) is 0 Å². The van der Waals surface area contributed by atoms with Crippen molar-refractivity contribution >= 4 is 5.78 Å². The average Bonchev–Trinajstić information content (AvgIpc) is 2.29. The van der Waals surface area contributed by atoms with E-state index in [0.717, 1.165) is 19.1 Å². The number of carbonyl (C=O) groups excluding carboxylic acids is 1. The Morgan fingerprint density at radius 3 is 2.47 bits per heavy atom. The van der Waals surface area contributed by atoms with Crippen LogP contribution in [-0.4, -0.2) is 12.4 Å². The highest BCUT2D eigenvalue weighted by molar-refractivity contribution is 5.82. The van der Waals surface area contributed by atoms with Crippen molar-refractivity contribution in [3.63, 3.8) is 0 Å². The summed E-state index contributed by atoms with van der Waals surface area (Å²) in [4.78, 5) is 11.4. The number of hydrogen-bond acceptors (Lipinski definition) is 2. The second kappa shape index (κ2) is 6.14. The fourth-order valence-corrected chi connectivity index (χ4v) is 1.66. The van der Waals surface area contributed by atoms with E-state index in [2.05, 4.69) is 0 Å². The number of rotatable bonds is 5. The van der Waals surface area contributed by atoms with E-state index in [1.807, 2.05) is 0 Å². The summed E-state index contributed by atoms with van der Waals surface area (Å²) in [7, 11) is 0. The predicted molar refractivity (Wildman–Crippen MR) is 61.1 cm³/mol. The largest absolute Gasteiger partial charge is 0.416 e. The van der Waals surface area contributed by atoms with Gasteiger partial charge in [-0.25, -0.2) is 4.39 Å². The highest BCUT2D eigenvalue weighted by Gasteiger charge is 2.37. The normalized spacial score (nSPS) is 13.4. The fraction of sp³-hybridized carbons (Fsp3) is 0.462. The van der Waals surface area contributed by atoms with Gasteiger partial charge < -0.3 is 4.74 Å². The first-order chi connectivity index (χ1) is 8.77. The highest BCUT2D eigenvalue weighted by atomic mass is 19.4. The van der Waals surface area contributed by atoms with E-state index in [0.29, 0.717) is 12.5 Å². The Morgan fingerprint density at radius 1 is 1.37 bits per heavy atom. The molecule has 0 aliphatic carbocycles. The zero-order chi connectivity index (χ0) is 14.6. The van der Waals surface area contributed by atoms with Crippen molar-refractivity contribution < 1.29 is 27.1 Å². The molecule has 0 saturated carbocycles. The molecule has 0 aromatic heterocycles. The molecule has 1 unspecified atom stereocenters. The second-order valence-corrected chi connectivity index (χ2v) is 4.09. The van der Waals surface area contributed by atoms with Crippen LogP contribution in [0.4, 0.5) is 17.6 Å². The Kier molecular flexibility index (Phi) is 5.05. The van der Waals surface area contributed by atoms with Gasteiger partial charge in [0.15, 0.2) is 5.78 Å². The molecule has 1 atom stereocenters.